The fourth-order valence-corrected chi connectivity index (χ4v) is 4.80. The van der Waals surface area contributed by atoms with E-state index in [-0.39, 0.29) is 27.8 Å². The molecule has 0 fully saturated rings. The number of ketones is 2. The monoisotopic (exact) mass is 510 g/mol. The zero-order valence-electron chi connectivity index (χ0n) is 19.8. The van der Waals surface area contributed by atoms with Crippen LogP contribution in [-0.2, 0) is 11.2 Å². The highest BCUT2D eigenvalue weighted by atomic mass is 35.5. The van der Waals surface area contributed by atoms with Gasteiger partial charge in [0.1, 0.15) is 27.8 Å². The molecule has 10 nitrogen and oxygen atoms in total. The van der Waals surface area contributed by atoms with E-state index in [1.165, 1.54) is 26.4 Å². The molecule has 0 amide bonds. The number of allylic oxidation sites excluding steroid dienone is 1. The van der Waals surface area contributed by atoms with Gasteiger partial charge in [-0.05, 0) is 18.6 Å². The SMILES string of the molecule is COc1cc(OC)c2c(c1Cl)O[C@@]1(C(=O)C=C(NCCc3nc(-c4ccccn4)no3)C[C@H]1C)C2=O. The van der Waals surface area contributed by atoms with Crippen molar-refractivity contribution in [1.29, 1.82) is 0 Å². The molecule has 0 unspecified atom stereocenters. The van der Waals surface area contributed by atoms with Crippen LogP contribution in [0.15, 0.2) is 46.8 Å². The fraction of sp³-hybridized carbons (Fsp3) is 0.320. The molecule has 1 N–H and O–H groups in total. The lowest BCUT2D eigenvalue weighted by Gasteiger charge is -2.35. The minimum Gasteiger partial charge on any atom is -0.496 e. The molecule has 5 rings (SSSR count). The highest BCUT2D eigenvalue weighted by molar-refractivity contribution is 6.36. The molecule has 0 saturated carbocycles. The van der Waals surface area contributed by atoms with Crippen molar-refractivity contribution >= 4 is 23.2 Å². The third-order valence-electron chi connectivity index (χ3n) is 6.36. The summed E-state index contributed by atoms with van der Waals surface area (Å²) >= 11 is 6.42. The van der Waals surface area contributed by atoms with Crippen molar-refractivity contribution in [3.8, 4) is 28.8 Å². The van der Waals surface area contributed by atoms with Crippen LogP contribution in [0.4, 0.5) is 0 Å². The van der Waals surface area contributed by atoms with Crippen molar-refractivity contribution in [1.82, 2.24) is 20.4 Å². The number of rotatable bonds is 7. The van der Waals surface area contributed by atoms with Gasteiger partial charge < -0.3 is 24.1 Å². The highest BCUT2D eigenvalue weighted by Gasteiger charge is 2.60. The van der Waals surface area contributed by atoms with E-state index in [0.29, 0.717) is 42.5 Å². The first-order chi connectivity index (χ1) is 17.4. The van der Waals surface area contributed by atoms with Gasteiger partial charge in [0.2, 0.25) is 28.9 Å². The first-order valence-electron chi connectivity index (χ1n) is 11.3. The van der Waals surface area contributed by atoms with Gasteiger partial charge in [0.15, 0.2) is 5.75 Å². The Morgan fingerprint density at radius 3 is 2.72 bits per heavy atom. The van der Waals surface area contributed by atoms with Crippen LogP contribution in [0.3, 0.4) is 0 Å². The molecule has 1 aromatic carbocycles. The Bertz CT molecular complexity index is 1370. The van der Waals surface area contributed by atoms with Gasteiger partial charge in [-0.3, -0.25) is 14.6 Å². The lowest BCUT2D eigenvalue weighted by atomic mass is 9.74. The molecular formula is C25H23ClN4O6. The van der Waals surface area contributed by atoms with Gasteiger partial charge in [-0.15, -0.1) is 0 Å². The van der Waals surface area contributed by atoms with E-state index >= 15 is 0 Å². The summed E-state index contributed by atoms with van der Waals surface area (Å²) in [6, 6.07) is 6.97. The maximum absolute atomic E-state index is 13.5. The number of nitrogens with one attached hydrogen (secondary N) is 1. The normalized spacial score (nSPS) is 20.7. The summed E-state index contributed by atoms with van der Waals surface area (Å²) in [5, 5.41) is 7.31. The van der Waals surface area contributed by atoms with E-state index in [1.807, 2.05) is 12.1 Å². The standard InChI is InChI=1S/C25H23ClN4O6/c1-13-10-14(27-9-7-19-29-24(30-36-19)15-6-4-5-8-28-15)11-18(31)25(13)23(32)20-16(33-2)12-17(34-3)21(26)22(20)35-25/h4-6,8,11-13,27H,7,9-10H2,1-3H3/t13-,25+/m1/s1. The summed E-state index contributed by atoms with van der Waals surface area (Å²) in [6.07, 6.45) is 3.92. The summed E-state index contributed by atoms with van der Waals surface area (Å²) in [5.41, 5.74) is -0.253. The van der Waals surface area contributed by atoms with Gasteiger partial charge in [0, 0.05) is 42.9 Å². The van der Waals surface area contributed by atoms with Crippen LogP contribution in [0, 0.1) is 5.92 Å². The Morgan fingerprint density at radius 2 is 2.03 bits per heavy atom. The predicted molar refractivity (Wildman–Crippen MR) is 128 cm³/mol. The third kappa shape index (κ3) is 3.78. The van der Waals surface area contributed by atoms with E-state index in [9.17, 15) is 9.59 Å². The van der Waals surface area contributed by atoms with Gasteiger partial charge in [-0.2, -0.15) is 4.98 Å². The van der Waals surface area contributed by atoms with Crippen LogP contribution < -0.4 is 19.5 Å². The van der Waals surface area contributed by atoms with E-state index in [0.717, 1.165) is 0 Å². The summed E-state index contributed by atoms with van der Waals surface area (Å²) in [7, 11) is 2.88. The second kappa shape index (κ2) is 9.27. The van der Waals surface area contributed by atoms with E-state index in [4.69, 9.17) is 30.3 Å². The number of halogens is 1. The summed E-state index contributed by atoms with van der Waals surface area (Å²) < 4.78 is 22.0. The van der Waals surface area contributed by atoms with Crippen LogP contribution in [0.1, 0.15) is 29.6 Å². The molecule has 1 aliphatic carbocycles. The zero-order chi connectivity index (χ0) is 25.4. The predicted octanol–water partition coefficient (Wildman–Crippen LogP) is 3.44. The molecule has 11 heteroatoms. The number of ether oxygens (including phenoxy) is 3. The number of hydrogen-bond donors (Lipinski definition) is 1. The van der Waals surface area contributed by atoms with E-state index < -0.39 is 23.1 Å². The molecule has 3 aromatic rings. The Morgan fingerprint density at radius 1 is 1.22 bits per heavy atom. The lowest BCUT2D eigenvalue weighted by Crippen LogP contribution is -2.55. The topological polar surface area (TPSA) is 126 Å². The first-order valence-corrected chi connectivity index (χ1v) is 11.7. The maximum atomic E-state index is 13.5. The quantitative estimate of drug-likeness (QED) is 0.472. The van der Waals surface area contributed by atoms with Gasteiger partial charge in [-0.1, -0.05) is 29.7 Å². The molecule has 2 aliphatic rings. The number of carbonyl (C=O) groups is 2. The van der Waals surface area contributed by atoms with Crippen molar-refractivity contribution in [2.75, 3.05) is 20.8 Å². The number of aromatic nitrogens is 3. The summed E-state index contributed by atoms with van der Waals surface area (Å²) in [5.74, 6) is 0.0817. The minimum absolute atomic E-state index is 0.1000. The van der Waals surface area contributed by atoms with Crippen LogP contribution in [0.2, 0.25) is 5.02 Å². The largest absolute Gasteiger partial charge is 0.496 e. The number of methoxy groups -OCH3 is 2. The number of Topliss-reactive ketones (excluding diaryl/α,β-unsaturated/α-hetero) is 1. The highest BCUT2D eigenvalue weighted by Crippen LogP contribution is 2.52. The van der Waals surface area contributed by atoms with Gasteiger partial charge >= 0.3 is 0 Å². The number of nitrogens with zero attached hydrogens (tertiary/aromatic N) is 3. The smallest absolute Gasteiger partial charge is 0.236 e. The van der Waals surface area contributed by atoms with Gasteiger partial charge in [0.05, 0.1) is 14.2 Å². The van der Waals surface area contributed by atoms with Crippen LogP contribution >= 0.6 is 11.6 Å². The van der Waals surface area contributed by atoms with Crippen LogP contribution in [0.25, 0.3) is 11.5 Å². The molecule has 2 atom stereocenters. The first kappa shape index (κ1) is 23.8. The number of carbonyl (C=O) groups excluding carboxylic acids is 2. The van der Waals surface area contributed by atoms with Crippen molar-refractivity contribution in [3.63, 3.8) is 0 Å². The molecule has 186 valence electrons. The molecule has 1 spiro atoms. The van der Waals surface area contributed by atoms with Gasteiger partial charge in [0.25, 0.3) is 0 Å². The molecule has 36 heavy (non-hydrogen) atoms. The second-order valence-corrected chi connectivity index (χ2v) is 8.89. The number of hydrogen-bond acceptors (Lipinski definition) is 10. The summed E-state index contributed by atoms with van der Waals surface area (Å²) in [6.45, 7) is 2.25. The molecule has 3 heterocycles. The average Bonchev–Trinajstić information content (AvgIpc) is 3.48. The minimum atomic E-state index is -1.71. The molecule has 2 aromatic heterocycles. The molecule has 0 radical (unpaired) electrons. The Kier molecular flexibility index (Phi) is 6.13. The van der Waals surface area contributed by atoms with Crippen molar-refractivity contribution in [2.45, 2.75) is 25.4 Å². The Labute approximate surface area is 211 Å². The molecular weight excluding hydrogens is 488 g/mol. The summed E-state index contributed by atoms with van der Waals surface area (Å²) in [4.78, 5) is 35.5. The molecule has 1 aliphatic heterocycles. The Balaban J connectivity index is 1.31. The van der Waals surface area contributed by atoms with Crippen LogP contribution in [-0.4, -0.2) is 53.1 Å². The molecule has 0 bridgehead atoms. The lowest BCUT2D eigenvalue weighted by molar-refractivity contribution is -0.129. The fourth-order valence-electron chi connectivity index (χ4n) is 4.54. The van der Waals surface area contributed by atoms with E-state index in [1.54, 1.807) is 19.2 Å². The number of pyridine rings is 1. The maximum Gasteiger partial charge on any atom is 0.236 e. The van der Waals surface area contributed by atoms with Crippen molar-refractivity contribution in [2.24, 2.45) is 5.92 Å². The second-order valence-electron chi connectivity index (χ2n) is 8.51. The van der Waals surface area contributed by atoms with Crippen molar-refractivity contribution in [3.05, 3.63) is 58.7 Å². The van der Waals surface area contributed by atoms with Gasteiger partial charge in [-0.25, -0.2) is 0 Å². The van der Waals surface area contributed by atoms with Crippen LogP contribution in [0.5, 0.6) is 17.2 Å². The Hall–Kier alpha value is -3.92. The zero-order valence-corrected chi connectivity index (χ0v) is 20.6. The third-order valence-corrected chi connectivity index (χ3v) is 6.72. The number of benzene rings is 1. The van der Waals surface area contributed by atoms with E-state index in [2.05, 4.69) is 20.4 Å². The average molecular weight is 511 g/mol. The number of fused-ring (bicyclic) bond motifs is 1. The van der Waals surface area contributed by atoms with Crippen molar-refractivity contribution < 1.29 is 28.3 Å². The molecule has 0 saturated heterocycles.